The monoisotopic (exact) mass is 209 g/mol. The summed E-state index contributed by atoms with van der Waals surface area (Å²) in [6.07, 6.45) is -2.36. The van der Waals surface area contributed by atoms with Gasteiger partial charge in [-0.3, -0.25) is 4.79 Å². The number of rotatable bonds is 6. The summed E-state index contributed by atoms with van der Waals surface area (Å²) in [6, 6.07) is 0.0811. The summed E-state index contributed by atoms with van der Waals surface area (Å²) in [5.74, 6) is -0.187. The maximum absolute atomic E-state index is 11.6. The van der Waals surface area contributed by atoms with Crippen molar-refractivity contribution in [2.45, 2.75) is 18.9 Å². The van der Waals surface area contributed by atoms with E-state index < -0.39 is 13.0 Å². The minimum atomic E-state index is -2.47. The average Bonchev–Trinajstić information content (AvgIpc) is 2.05. The number of hydrogen-bond donors (Lipinski definition) is 1. The predicted molar refractivity (Wildman–Crippen MR) is 44.2 cm³/mol. The number of nitrogens with one attached hydrogen (secondary N) is 1. The zero-order chi connectivity index (χ0) is 10.4. The highest BCUT2D eigenvalue weighted by molar-refractivity contribution is 5.76. The molecule has 1 rings (SSSR count). The Hall–Kier alpha value is -0.750. The molecule has 1 saturated heterocycles. The van der Waals surface area contributed by atoms with Crippen LogP contribution >= 0.6 is 0 Å². The molecule has 0 atom stereocenters. The molecule has 1 aliphatic heterocycles. The van der Waals surface area contributed by atoms with Crippen LogP contribution in [0.1, 0.15) is 6.42 Å². The summed E-state index contributed by atoms with van der Waals surface area (Å²) < 4.78 is 32.6. The maximum Gasteiger partial charge on any atom is 0.261 e. The Bertz CT molecular complexity index is 185. The predicted octanol–water partition coefficient (Wildman–Crippen LogP) is 0.173. The highest BCUT2D eigenvalue weighted by Crippen LogP contribution is 2.00. The molecule has 0 spiro atoms. The summed E-state index contributed by atoms with van der Waals surface area (Å²) in [6.45, 7) is 0.483. The van der Waals surface area contributed by atoms with Crippen LogP contribution in [0.5, 0.6) is 0 Å². The van der Waals surface area contributed by atoms with E-state index in [9.17, 15) is 13.6 Å². The minimum absolute atomic E-state index is 0.0315. The molecule has 0 aromatic heterocycles. The number of amides is 1. The van der Waals surface area contributed by atoms with E-state index in [1.54, 1.807) is 0 Å². The van der Waals surface area contributed by atoms with Crippen LogP contribution < -0.4 is 5.32 Å². The van der Waals surface area contributed by atoms with E-state index in [2.05, 4.69) is 10.1 Å². The van der Waals surface area contributed by atoms with E-state index in [1.807, 2.05) is 0 Å². The molecule has 82 valence electrons. The van der Waals surface area contributed by atoms with Crippen LogP contribution in [0, 0.1) is 0 Å². The molecule has 6 heteroatoms. The fourth-order valence-electron chi connectivity index (χ4n) is 0.956. The van der Waals surface area contributed by atoms with Crippen molar-refractivity contribution >= 4 is 5.91 Å². The van der Waals surface area contributed by atoms with Crippen LogP contribution in [0.25, 0.3) is 0 Å². The van der Waals surface area contributed by atoms with Crippen LogP contribution in [0.15, 0.2) is 0 Å². The molecule has 0 radical (unpaired) electrons. The van der Waals surface area contributed by atoms with Gasteiger partial charge in [-0.15, -0.1) is 0 Å². The van der Waals surface area contributed by atoms with Gasteiger partial charge < -0.3 is 14.8 Å². The van der Waals surface area contributed by atoms with Crippen molar-refractivity contribution in [3.63, 3.8) is 0 Å². The fraction of sp³-hybridized carbons (Fsp3) is 0.875. The minimum Gasteiger partial charge on any atom is -0.377 e. The summed E-state index contributed by atoms with van der Waals surface area (Å²) in [5.41, 5.74) is 0. The molecule has 1 aliphatic rings. The molecular formula is C8H13F2NO3. The number of carbonyl (C=O) groups excluding carboxylic acids is 1. The SMILES string of the molecule is O=C(CCOCC(F)F)NC1COC1. The summed E-state index contributed by atoms with van der Waals surface area (Å²) in [4.78, 5) is 11.1. The Morgan fingerprint density at radius 3 is 2.79 bits per heavy atom. The molecule has 1 fully saturated rings. The molecule has 0 aromatic carbocycles. The van der Waals surface area contributed by atoms with Crippen molar-refractivity contribution < 1.29 is 23.0 Å². The van der Waals surface area contributed by atoms with Crippen LogP contribution in [0.3, 0.4) is 0 Å². The highest BCUT2D eigenvalue weighted by Gasteiger charge is 2.19. The van der Waals surface area contributed by atoms with E-state index in [1.165, 1.54) is 0 Å². The zero-order valence-corrected chi connectivity index (χ0v) is 7.67. The topological polar surface area (TPSA) is 47.6 Å². The lowest BCUT2D eigenvalue weighted by Gasteiger charge is -2.26. The van der Waals surface area contributed by atoms with Gasteiger partial charge in [0.1, 0.15) is 6.61 Å². The molecule has 1 heterocycles. The fourth-order valence-corrected chi connectivity index (χ4v) is 0.956. The van der Waals surface area contributed by atoms with Crippen LogP contribution in [0.2, 0.25) is 0 Å². The van der Waals surface area contributed by atoms with Gasteiger partial charge in [0.25, 0.3) is 6.43 Å². The maximum atomic E-state index is 11.6. The number of alkyl halides is 2. The normalized spacial score (nSPS) is 16.8. The Kier molecular flexibility index (Phi) is 4.75. The lowest BCUT2D eigenvalue weighted by atomic mass is 10.2. The van der Waals surface area contributed by atoms with E-state index in [-0.39, 0.29) is 25.0 Å². The first-order chi connectivity index (χ1) is 6.68. The van der Waals surface area contributed by atoms with Crippen LogP contribution in [-0.4, -0.2) is 44.8 Å². The number of halogens is 2. The highest BCUT2D eigenvalue weighted by atomic mass is 19.3. The summed E-state index contributed by atoms with van der Waals surface area (Å²) in [5, 5.41) is 2.67. The molecule has 1 N–H and O–H groups in total. The molecular weight excluding hydrogens is 196 g/mol. The van der Waals surface area contributed by atoms with Gasteiger partial charge in [0.2, 0.25) is 5.91 Å². The summed E-state index contributed by atoms with van der Waals surface area (Å²) in [7, 11) is 0. The number of ether oxygens (including phenoxy) is 2. The standard InChI is InChI=1S/C8H13F2NO3/c9-7(10)5-13-2-1-8(12)11-6-3-14-4-6/h6-7H,1-5H2,(H,11,12). The average molecular weight is 209 g/mol. The van der Waals surface area contributed by atoms with E-state index >= 15 is 0 Å². The van der Waals surface area contributed by atoms with E-state index in [0.29, 0.717) is 13.2 Å². The molecule has 0 aliphatic carbocycles. The second kappa shape index (κ2) is 5.87. The molecule has 0 unspecified atom stereocenters. The largest absolute Gasteiger partial charge is 0.377 e. The second-order valence-electron chi connectivity index (χ2n) is 3.02. The Morgan fingerprint density at radius 2 is 2.29 bits per heavy atom. The van der Waals surface area contributed by atoms with Gasteiger partial charge in [-0.25, -0.2) is 8.78 Å². The molecule has 4 nitrogen and oxygen atoms in total. The third-order valence-electron chi connectivity index (χ3n) is 1.72. The molecule has 1 amide bonds. The second-order valence-corrected chi connectivity index (χ2v) is 3.02. The van der Waals surface area contributed by atoms with Crippen molar-refractivity contribution in [1.29, 1.82) is 0 Å². The van der Waals surface area contributed by atoms with Gasteiger partial charge in [-0.2, -0.15) is 0 Å². The molecule has 0 saturated carbocycles. The number of carbonyl (C=O) groups is 1. The molecule has 0 aromatic rings. The smallest absolute Gasteiger partial charge is 0.261 e. The lowest BCUT2D eigenvalue weighted by Crippen LogP contribution is -2.48. The van der Waals surface area contributed by atoms with Crippen molar-refractivity contribution in [2.24, 2.45) is 0 Å². The van der Waals surface area contributed by atoms with Gasteiger partial charge in [-0.05, 0) is 0 Å². The van der Waals surface area contributed by atoms with Crippen LogP contribution in [-0.2, 0) is 14.3 Å². The van der Waals surface area contributed by atoms with Gasteiger partial charge in [0.05, 0.1) is 25.9 Å². The van der Waals surface area contributed by atoms with Crippen LogP contribution in [0.4, 0.5) is 8.78 Å². The van der Waals surface area contributed by atoms with Gasteiger partial charge in [0, 0.05) is 6.42 Å². The first-order valence-corrected chi connectivity index (χ1v) is 4.41. The van der Waals surface area contributed by atoms with Gasteiger partial charge in [-0.1, -0.05) is 0 Å². The van der Waals surface area contributed by atoms with E-state index in [0.717, 1.165) is 0 Å². The van der Waals surface area contributed by atoms with E-state index in [4.69, 9.17) is 4.74 Å². The Balaban J connectivity index is 1.92. The lowest BCUT2D eigenvalue weighted by molar-refractivity contribution is -0.126. The zero-order valence-electron chi connectivity index (χ0n) is 7.67. The molecule has 14 heavy (non-hydrogen) atoms. The van der Waals surface area contributed by atoms with Crippen molar-refractivity contribution in [3.8, 4) is 0 Å². The number of hydrogen-bond acceptors (Lipinski definition) is 3. The van der Waals surface area contributed by atoms with Crippen molar-refractivity contribution in [2.75, 3.05) is 26.4 Å². The third-order valence-corrected chi connectivity index (χ3v) is 1.72. The summed E-state index contributed by atoms with van der Waals surface area (Å²) >= 11 is 0. The van der Waals surface area contributed by atoms with Crippen molar-refractivity contribution in [3.05, 3.63) is 0 Å². The Morgan fingerprint density at radius 1 is 1.57 bits per heavy atom. The first kappa shape index (κ1) is 11.3. The van der Waals surface area contributed by atoms with Crippen molar-refractivity contribution in [1.82, 2.24) is 5.32 Å². The Labute approximate surface area is 80.6 Å². The quantitative estimate of drug-likeness (QED) is 0.634. The third kappa shape index (κ3) is 4.48. The molecule has 0 bridgehead atoms. The first-order valence-electron chi connectivity index (χ1n) is 4.41. The van der Waals surface area contributed by atoms with Gasteiger partial charge in [0.15, 0.2) is 0 Å². The van der Waals surface area contributed by atoms with Gasteiger partial charge >= 0.3 is 0 Å².